The molecular formula is C15H31IN4O2. The van der Waals surface area contributed by atoms with Crippen LogP contribution in [-0.4, -0.2) is 61.7 Å². The van der Waals surface area contributed by atoms with Gasteiger partial charge in [0.25, 0.3) is 0 Å². The van der Waals surface area contributed by atoms with Crippen LogP contribution in [0.15, 0.2) is 4.99 Å². The van der Waals surface area contributed by atoms with Gasteiger partial charge in [0.1, 0.15) is 0 Å². The van der Waals surface area contributed by atoms with Crippen LogP contribution in [0.25, 0.3) is 0 Å². The second-order valence-corrected chi connectivity index (χ2v) is 6.34. The lowest BCUT2D eigenvalue weighted by Crippen LogP contribution is -2.51. The molecule has 1 amide bonds. The summed E-state index contributed by atoms with van der Waals surface area (Å²) in [7, 11) is 1.75. The molecule has 7 heteroatoms. The number of hydrogen-bond donors (Lipinski definition) is 2. The van der Waals surface area contributed by atoms with Gasteiger partial charge >= 0.3 is 0 Å². The molecule has 0 unspecified atom stereocenters. The number of carbonyl (C=O) groups excluding carboxylic acids is 1. The Kier molecular flexibility index (Phi) is 9.99. The minimum absolute atomic E-state index is 0. The number of piperidine rings is 1. The van der Waals surface area contributed by atoms with Gasteiger partial charge in [0, 0.05) is 32.3 Å². The summed E-state index contributed by atoms with van der Waals surface area (Å²) in [6, 6.07) is 0. The molecule has 0 atom stereocenters. The third-order valence-electron chi connectivity index (χ3n) is 3.28. The highest BCUT2D eigenvalue weighted by Gasteiger charge is 2.22. The van der Waals surface area contributed by atoms with Crippen LogP contribution in [0.1, 0.15) is 40.5 Å². The van der Waals surface area contributed by atoms with E-state index in [1.54, 1.807) is 7.05 Å². The summed E-state index contributed by atoms with van der Waals surface area (Å²) in [5.41, 5.74) is -0.210. The average Bonchev–Trinajstić information content (AvgIpc) is 2.39. The van der Waals surface area contributed by atoms with Crippen LogP contribution in [0.5, 0.6) is 0 Å². The van der Waals surface area contributed by atoms with Crippen LogP contribution in [0.2, 0.25) is 0 Å². The zero-order chi connectivity index (χ0) is 15.9. The van der Waals surface area contributed by atoms with E-state index in [1.807, 2.05) is 27.7 Å². The summed E-state index contributed by atoms with van der Waals surface area (Å²) in [6.07, 6.45) is 2.36. The van der Waals surface area contributed by atoms with E-state index in [2.05, 4.69) is 20.5 Å². The van der Waals surface area contributed by atoms with Crippen molar-refractivity contribution >= 4 is 35.8 Å². The summed E-state index contributed by atoms with van der Waals surface area (Å²) in [5.74, 6) is 0.766. The number of amides is 1. The van der Waals surface area contributed by atoms with Crippen LogP contribution < -0.4 is 10.6 Å². The molecule has 1 rings (SSSR count). The molecule has 0 saturated carbocycles. The fourth-order valence-electron chi connectivity index (χ4n) is 2.42. The SMILES string of the molecule is CCOC1CCN(C(=NC)NCC(=O)NC(C)(C)C)CC1.I. The number of nitrogens with one attached hydrogen (secondary N) is 2. The number of guanidine groups is 1. The Bertz CT molecular complexity index is 361. The van der Waals surface area contributed by atoms with E-state index >= 15 is 0 Å². The summed E-state index contributed by atoms with van der Waals surface area (Å²) in [6.45, 7) is 10.8. The molecule has 1 aliphatic heterocycles. The summed E-state index contributed by atoms with van der Waals surface area (Å²) in [4.78, 5) is 18.3. The number of halogens is 1. The number of aliphatic imine (C=N–C) groups is 1. The van der Waals surface area contributed by atoms with Gasteiger partial charge in [0.2, 0.25) is 5.91 Å². The number of nitrogens with zero attached hydrogens (tertiary/aromatic N) is 2. The first kappa shape index (κ1) is 21.4. The quantitative estimate of drug-likeness (QED) is 0.407. The largest absolute Gasteiger partial charge is 0.378 e. The van der Waals surface area contributed by atoms with Crippen molar-refractivity contribution in [2.45, 2.75) is 52.2 Å². The van der Waals surface area contributed by atoms with Gasteiger partial charge in [-0.1, -0.05) is 0 Å². The van der Waals surface area contributed by atoms with Crippen molar-refractivity contribution in [3.8, 4) is 0 Å². The molecule has 1 fully saturated rings. The molecule has 0 aliphatic carbocycles. The first-order valence-corrected chi connectivity index (χ1v) is 7.74. The average molecular weight is 426 g/mol. The van der Waals surface area contributed by atoms with E-state index in [4.69, 9.17) is 4.74 Å². The minimum atomic E-state index is -0.210. The lowest BCUT2D eigenvalue weighted by molar-refractivity contribution is -0.121. The lowest BCUT2D eigenvalue weighted by Gasteiger charge is -2.34. The number of hydrogen-bond acceptors (Lipinski definition) is 3. The number of ether oxygens (including phenoxy) is 1. The van der Waals surface area contributed by atoms with Gasteiger partial charge in [-0.15, -0.1) is 24.0 Å². The second kappa shape index (κ2) is 10.3. The molecule has 0 bridgehead atoms. The molecule has 2 N–H and O–H groups in total. The summed E-state index contributed by atoms with van der Waals surface area (Å²) >= 11 is 0. The fraction of sp³-hybridized carbons (Fsp3) is 0.867. The molecule has 0 aromatic carbocycles. The number of rotatable bonds is 4. The van der Waals surface area contributed by atoms with Crippen molar-refractivity contribution in [2.75, 3.05) is 33.3 Å². The molecule has 0 aromatic rings. The predicted octanol–water partition coefficient (Wildman–Crippen LogP) is 1.60. The Hall–Kier alpha value is -0.570. The van der Waals surface area contributed by atoms with Crippen molar-refractivity contribution in [1.82, 2.24) is 15.5 Å². The van der Waals surface area contributed by atoms with Gasteiger partial charge in [-0.25, -0.2) is 0 Å². The van der Waals surface area contributed by atoms with Gasteiger partial charge in [0.15, 0.2) is 5.96 Å². The highest BCUT2D eigenvalue weighted by Crippen LogP contribution is 2.13. The minimum Gasteiger partial charge on any atom is -0.378 e. The molecule has 22 heavy (non-hydrogen) atoms. The van der Waals surface area contributed by atoms with Gasteiger partial charge < -0.3 is 20.3 Å². The highest BCUT2D eigenvalue weighted by atomic mass is 127. The molecule has 1 saturated heterocycles. The normalized spacial score (nSPS) is 17.0. The van der Waals surface area contributed by atoms with Crippen LogP contribution in [0, 0.1) is 0 Å². The molecular weight excluding hydrogens is 395 g/mol. The molecule has 0 radical (unpaired) electrons. The van der Waals surface area contributed by atoms with Crippen molar-refractivity contribution in [3.05, 3.63) is 0 Å². The van der Waals surface area contributed by atoms with E-state index in [9.17, 15) is 4.79 Å². The van der Waals surface area contributed by atoms with Crippen molar-refractivity contribution in [3.63, 3.8) is 0 Å². The zero-order valence-electron chi connectivity index (χ0n) is 14.4. The third-order valence-corrected chi connectivity index (χ3v) is 3.28. The Morgan fingerprint density at radius 3 is 2.36 bits per heavy atom. The van der Waals surface area contributed by atoms with E-state index in [1.165, 1.54) is 0 Å². The van der Waals surface area contributed by atoms with Gasteiger partial charge in [-0.3, -0.25) is 9.79 Å². The monoisotopic (exact) mass is 426 g/mol. The van der Waals surface area contributed by atoms with Gasteiger partial charge in [-0.2, -0.15) is 0 Å². The Balaban J connectivity index is 0.00000441. The first-order chi connectivity index (χ1) is 9.85. The van der Waals surface area contributed by atoms with E-state index < -0.39 is 0 Å². The van der Waals surface area contributed by atoms with E-state index in [0.29, 0.717) is 6.10 Å². The Morgan fingerprint density at radius 1 is 1.32 bits per heavy atom. The smallest absolute Gasteiger partial charge is 0.239 e. The standard InChI is InChI=1S/C15H30N4O2.HI/c1-6-21-12-7-9-19(10-8-12)14(16-5)17-11-13(20)18-15(2,3)4;/h12H,6-11H2,1-5H3,(H,16,17)(H,18,20);1H. The maximum absolute atomic E-state index is 11.8. The van der Waals surface area contributed by atoms with Crippen molar-refractivity contribution in [2.24, 2.45) is 4.99 Å². The number of carbonyl (C=O) groups is 1. The van der Waals surface area contributed by atoms with Crippen LogP contribution >= 0.6 is 24.0 Å². The maximum Gasteiger partial charge on any atom is 0.239 e. The van der Waals surface area contributed by atoms with E-state index in [0.717, 1.165) is 38.5 Å². The second-order valence-electron chi connectivity index (χ2n) is 6.34. The maximum atomic E-state index is 11.8. The zero-order valence-corrected chi connectivity index (χ0v) is 16.8. The predicted molar refractivity (Wildman–Crippen MR) is 101 cm³/mol. The highest BCUT2D eigenvalue weighted by molar-refractivity contribution is 14.0. The number of likely N-dealkylation sites (tertiary alicyclic amines) is 1. The molecule has 0 spiro atoms. The third kappa shape index (κ3) is 8.17. The van der Waals surface area contributed by atoms with Crippen LogP contribution in [-0.2, 0) is 9.53 Å². The van der Waals surface area contributed by atoms with Gasteiger partial charge in [-0.05, 0) is 40.5 Å². The summed E-state index contributed by atoms with van der Waals surface area (Å²) in [5, 5.41) is 6.06. The van der Waals surface area contributed by atoms with Crippen molar-refractivity contribution in [1.29, 1.82) is 0 Å². The topological polar surface area (TPSA) is 66.0 Å². The lowest BCUT2D eigenvalue weighted by atomic mass is 10.1. The van der Waals surface area contributed by atoms with E-state index in [-0.39, 0.29) is 42.0 Å². The molecule has 6 nitrogen and oxygen atoms in total. The molecule has 1 aliphatic rings. The molecule has 0 aromatic heterocycles. The van der Waals surface area contributed by atoms with Gasteiger partial charge in [0.05, 0.1) is 12.6 Å². The Morgan fingerprint density at radius 2 is 1.91 bits per heavy atom. The fourth-order valence-corrected chi connectivity index (χ4v) is 2.42. The first-order valence-electron chi connectivity index (χ1n) is 7.74. The Labute approximate surface area is 151 Å². The van der Waals surface area contributed by atoms with Crippen LogP contribution in [0.4, 0.5) is 0 Å². The van der Waals surface area contributed by atoms with Crippen LogP contribution in [0.3, 0.4) is 0 Å². The molecule has 1 heterocycles. The van der Waals surface area contributed by atoms with Crippen molar-refractivity contribution < 1.29 is 9.53 Å². The summed E-state index contributed by atoms with van der Waals surface area (Å²) < 4.78 is 5.65. The molecule has 130 valence electrons.